The van der Waals surface area contributed by atoms with Crippen molar-refractivity contribution in [3.05, 3.63) is 63.3 Å². The van der Waals surface area contributed by atoms with Crippen molar-refractivity contribution in [1.29, 1.82) is 0 Å². The second kappa shape index (κ2) is 8.76. The lowest BCUT2D eigenvalue weighted by atomic mass is 10.2. The third-order valence-corrected chi connectivity index (χ3v) is 6.11. The third-order valence-electron chi connectivity index (χ3n) is 4.14. The van der Waals surface area contributed by atoms with Gasteiger partial charge < -0.3 is 5.32 Å². The van der Waals surface area contributed by atoms with Gasteiger partial charge in [0.25, 0.3) is 5.91 Å². The van der Waals surface area contributed by atoms with Crippen LogP contribution >= 0.6 is 51.1 Å². The maximum absolute atomic E-state index is 12.5. The number of anilines is 1. The summed E-state index contributed by atoms with van der Waals surface area (Å²) >= 11 is 16.2. The third kappa shape index (κ3) is 4.36. The van der Waals surface area contributed by atoms with E-state index in [-0.39, 0.29) is 5.11 Å². The van der Waals surface area contributed by atoms with Crippen molar-refractivity contribution in [2.75, 3.05) is 5.32 Å². The molecule has 2 heterocycles. The zero-order valence-electron chi connectivity index (χ0n) is 15.5. The molecular formula is C19H14BrClN6OS2. The lowest BCUT2D eigenvalue weighted by molar-refractivity contribution is 0.0978. The molecule has 0 spiro atoms. The Labute approximate surface area is 194 Å². The molecule has 0 saturated carbocycles. The van der Waals surface area contributed by atoms with Crippen LogP contribution in [0.1, 0.15) is 23.1 Å². The second-order valence-electron chi connectivity index (χ2n) is 6.18. The molecule has 152 valence electrons. The first-order valence-electron chi connectivity index (χ1n) is 8.83. The number of rotatable bonds is 4. The smallest absolute Gasteiger partial charge is 0.258 e. The monoisotopic (exact) mass is 520 g/mol. The van der Waals surface area contributed by atoms with E-state index in [0.29, 0.717) is 10.6 Å². The minimum absolute atomic E-state index is 0.166. The van der Waals surface area contributed by atoms with E-state index in [9.17, 15) is 4.79 Å². The van der Waals surface area contributed by atoms with E-state index in [1.54, 1.807) is 22.7 Å². The van der Waals surface area contributed by atoms with Crippen molar-refractivity contribution in [2.45, 2.75) is 13.3 Å². The Morgan fingerprint density at radius 1 is 1.27 bits per heavy atom. The molecule has 2 N–H and O–H groups in total. The van der Waals surface area contributed by atoms with Crippen LogP contribution in [0.25, 0.3) is 15.5 Å². The molecule has 4 aromatic rings. The number of aromatic nitrogens is 4. The van der Waals surface area contributed by atoms with Crippen molar-refractivity contribution in [3.8, 4) is 10.6 Å². The van der Waals surface area contributed by atoms with Crippen molar-refractivity contribution < 1.29 is 4.79 Å². The van der Waals surface area contributed by atoms with Gasteiger partial charge in [0.2, 0.25) is 4.96 Å². The minimum atomic E-state index is -0.393. The fourth-order valence-electron chi connectivity index (χ4n) is 2.73. The van der Waals surface area contributed by atoms with Gasteiger partial charge in [-0.1, -0.05) is 57.9 Å². The summed E-state index contributed by atoms with van der Waals surface area (Å²) in [5, 5.41) is 19.9. The molecule has 0 unspecified atom stereocenters. The van der Waals surface area contributed by atoms with E-state index in [2.05, 4.69) is 41.9 Å². The van der Waals surface area contributed by atoms with Gasteiger partial charge in [-0.15, -0.1) is 10.2 Å². The zero-order chi connectivity index (χ0) is 21.3. The van der Waals surface area contributed by atoms with E-state index in [4.69, 9.17) is 23.8 Å². The number of thiocarbonyl (C=S) groups is 1. The summed E-state index contributed by atoms with van der Waals surface area (Å²) in [7, 11) is 0. The lowest BCUT2D eigenvalue weighted by Gasteiger charge is -2.11. The van der Waals surface area contributed by atoms with Crippen LogP contribution in [-0.2, 0) is 6.42 Å². The van der Waals surface area contributed by atoms with Crippen molar-refractivity contribution in [1.82, 2.24) is 25.1 Å². The molecule has 2 aromatic carbocycles. The fourth-order valence-corrected chi connectivity index (χ4v) is 4.36. The summed E-state index contributed by atoms with van der Waals surface area (Å²) in [5.74, 6) is 0.424. The molecule has 7 nitrogen and oxygen atoms in total. The van der Waals surface area contributed by atoms with Gasteiger partial charge in [-0.2, -0.15) is 9.61 Å². The Morgan fingerprint density at radius 2 is 2.10 bits per heavy atom. The molecule has 11 heteroatoms. The van der Waals surface area contributed by atoms with Gasteiger partial charge in [0.05, 0.1) is 10.6 Å². The van der Waals surface area contributed by atoms with Crippen molar-refractivity contribution >= 4 is 72.8 Å². The summed E-state index contributed by atoms with van der Waals surface area (Å²) in [4.78, 5) is 13.2. The molecule has 0 saturated heterocycles. The van der Waals surface area contributed by atoms with E-state index < -0.39 is 5.91 Å². The highest BCUT2D eigenvalue weighted by atomic mass is 79.9. The average molecular weight is 522 g/mol. The molecule has 1 amide bonds. The number of carbonyl (C=O) groups excluding carboxylic acids is 1. The van der Waals surface area contributed by atoms with Crippen molar-refractivity contribution in [3.63, 3.8) is 0 Å². The molecular weight excluding hydrogens is 508 g/mol. The van der Waals surface area contributed by atoms with Crippen LogP contribution in [0.4, 0.5) is 5.69 Å². The zero-order valence-corrected chi connectivity index (χ0v) is 19.5. The van der Waals surface area contributed by atoms with E-state index in [1.165, 1.54) is 11.3 Å². The Kier molecular flexibility index (Phi) is 6.09. The van der Waals surface area contributed by atoms with Gasteiger partial charge >= 0.3 is 0 Å². The number of halogens is 2. The highest BCUT2D eigenvalue weighted by Crippen LogP contribution is 2.27. The number of aryl methyl sites for hydroxylation is 1. The number of nitrogens with zero attached hydrogens (tertiary/aromatic N) is 4. The highest BCUT2D eigenvalue weighted by molar-refractivity contribution is 9.10. The highest BCUT2D eigenvalue weighted by Gasteiger charge is 2.14. The lowest BCUT2D eigenvalue weighted by Crippen LogP contribution is -2.34. The fraction of sp³-hybridized carbons (Fsp3) is 0.105. The van der Waals surface area contributed by atoms with Crippen LogP contribution in [0.3, 0.4) is 0 Å². The molecule has 0 radical (unpaired) electrons. The summed E-state index contributed by atoms with van der Waals surface area (Å²) in [5.41, 5.74) is 1.96. The number of amides is 1. The molecule has 30 heavy (non-hydrogen) atoms. The Bertz CT molecular complexity index is 1270. The van der Waals surface area contributed by atoms with Crippen molar-refractivity contribution in [2.24, 2.45) is 0 Å². The number of nitrogens with one attached hydrogen (secondary N) is 2. The molecule has 0 fully saturated rings. The number of hydrogen-bond donors (Lipinski definition) is 2. The summed E-state index contributed by atoms with van der Waals surface area (Å²) in [6.45, 7) is 2.01. The second-order valence-corrected chi connectivity index (χ2v) is 8.87. The molecule has 0 aliphatic carbocycles. The Balaban J connectivity index is 1.49. The van der Waals surface area contributed by atoms with Crippen LogP contribution in [-0.4, -0.2) is 30.8 Å². The van der Waals surface area contributed by atoms with Crippen LogP contribution in [0, 0.1) is 0 Å². The predicted molar refractivity (Wildman–Crippen MR) is 126 cm³/mol. The van der Waals surface area contributed by atoms with Gasteiger partial charge in [-0.3, -0.25) is 10.1 Å². The molecule has 0 aliphatic rings. The van der Waals surface area contributed by atoms with Gasteiger partial charge in [0.15, 0.2) is 10.9 Å². The summed E-state index contributed by atoms with van der Waals surface area (Å²) in [6.07, 6.45) is 0.752. The van der Waals surface area contributed by atoms with Gasteiger partial charge in [0, 0.05) is 22.1 Å². The summed E-state index contributed by atoms with van der Waals surface area (Å²) < 4.78 is 2.51. The number of benzene rings is 2. The van der Waals surface area contributed by atoms with Crippen LogP contribution < -0.4 is 10.6 Å². The molecule has 0 atom stereocenters. The largest absolute Gasteiger partial charge is 0.332 e. The standard InChI is InChI=1S/C19H14BrClN6OS2/c1-2-15-24-25-19-27(15)26-17(30-19)10-4-3-5-12(8-10)22-18(29)23-16(28)13-9-11(20)6-7-14(13)21/h3-9H,2H2,1H3,(H2,22,23,28,29). The van der Waals surface area contributed by atoms with Gasteiger partial charge in [-0.25, -0.2) is 0 Å². The summed E-state index contributed by atoms with van der Waals surface area (Å²) in [6, 6.07) is 12.6. The molecule has 4 rings (SSSR count). The topological polar surface area (TPSA) is 84.2 Å². The molecule has 0 bridgehead atoms. The van der Waals surface area contributed by atoms with Gasteiger partial charge in [0.1, 0.15) is 5.01 Å². The number of hydrogen-bond acceptors (Lipinski definition) is 6. The van der Waals surface area contributed by atoms with Crippen LogP contribution in [0.15, 0.2) is 46.9 Å². The first-order chi connectivity index (χ1) is 14.4. The van der Waals surface area contributed by atoms with E-state index >= 15 is 0 Å². The first-order valence-corrected chi connectivity index (χ1v) is 11.2. The number of carbonyl (C=O) groups is 1. The first kappa shape index (κ1) is 20.9. The van der Waals surface area contributed by atoms with Gasteiger partial charge in [-0.05, 0) is 42.5 Å². The molecule has 0 aliphatic heterocycles. The maximum atomic E-state index is 12.5. The Morgan fingerprint density at radius 3 is 2.90 bits per heavy atom. The van der Waals surface area contributed by atoms with E-state index in [1.807, 2.05) is 31.2 Å². The normalized spacial score (nSPS) is 10.9. The SMILES string of the molecule is CCc1nnc2sc(-c3cccc(NC(=S)NC(=O)c4cc(Br)ccc4Cl)c3)nn12. The minimum Gasteiger partial charge on any atom is -0.332 e. The van der Waals surface area contributed by atoms with Crippen LogP contribution in [0.5, 0.6) is 0 Å². The maximum Gasteiger partial charge on any atom is 0.258 e. The van der Waals surface area contributed by atoms with Crippen LogP contribution in [0.2, 0.25) is 5.02 Å². The Hall–Kier alpha value is -2.40. The van der Waals surface area contributed by atoms with E-state index in [0.717, 1.165) is 37.9 Å². The number of fused-ring (bicyclic) bond motifs is 1. The molecule has 2 aromatic heterocycles. The average Bonchev–Trinajstić information content (AvgIpc) is 3.30. The predicted octanol–water partition coefficient (Wildman–Crippen LogP) is 4.96. The quantitative estimate of drug-likeness (QED) is 0.369.